The minimum atomic E-state index is 0.444. The monoisotopic (exact) mass is 339 g/mol. The summed E-state index contributed by atoms with van der Waals surface area (Å²) in [5.74, 6) is 2.24. The van der Waals surface area contributed by atoms with Crippen molar-refractivity contribution in [2.75, 3.05) is 19.5 Å². The summed E-state index contributed by atoms with van der Waals surface area (Å²) in [7, 11) is 3.19. The number of aryl methyl sites for hydroxylation is 2. The van der Waals surface area contributed by atoms with Gasteiger partial charge in [0.25, 0.3) is 0 Å². The largest absolute Gasteiger partial charge is 0.493 e. The van der Waals surface area contributed by atoms with Crippen LogP contribution < -0.4 is 14.8 Å². The Morgan fingerprint density at radius 1 is 0.960 bits per heavy atom. The zero-order valence-electron chi connectivity index (χ0n) is 14.8. The van der Waals surface area contributed by atoms with Gasteiger partial charge in [0.1, 0.15) is 0 Å². The molecular formula is C19H21N3O3. The molecule has 1 aromatic heterocycles. The third kappa shape index (κ3) is 3.57. The molecule has 1 N–H and O–H groups in total. The number of hydrogen-bond donors (Lipinski definition) is 1. The maximum atomic E-state index is 5.76. The van der Waals surface area contributed by atoms with Crippen molar-refractivity contribution >= 4 is 5.69 Å². The van der Waals surface area contributed by atoms with Crippen molar-refractivity contribution in [3.05, 3.63) is 53.4 Å². The van der Waals surface area contributed by atoms with Crippen LogP contribution >= 0.6 is 0 Å². The lowest BCUT2D eigenvalue weighted by atomic mass is 10.1. The van der Waals surface area contributed by atoms with Gasteiger partial charge in [-0.15, -0.1) is 10.2 Å². The Hall–Kier alpha value is -3.02. The van der Waals surface area contributed by atoms with Crippen LogP contribution in [0, 0.1) is 13.8 Å². The molecule has 0 amide bonds. The van der Waals surface area contributed by atoms with Crippen LogP contribution in [0.25, 0.3) is 11.5 Å². The van der Waals surface area contributed by atoms with Gasteiger partial charge in [0, 0.05) is 11.3 Å². The first-order valence-electron chi connectivity index (χ1n) is 7.97. The van der Waals surface area contributed by atoms with Gasteiger partial charge in [0.05, 0.1) is 20.8 Å². The Morgan fingerprint density at radius 2 is 1.68 bits per heavy atom. The molecule has 0 aliphatic heterocycles. The van der Waals surface area contributed by atoms with Crippen molar-refractivity contribution in [2.45, 2.75) is 20.4 Å². The molecule has 2 aromatic carbocycles. The molecule has 0 fully saturated rings. The number of ether oxygens (including phenoxy) is 2. The number of benzene rings is 2. The standard InChI is InChI=1S/C19H21N3O3/c1-12-6-5-7-13(2)18(12)20-11-17-21-22-19(25-17)14-8-9-15(23-3)16(10-14)24-4/h5-10,20H,11H2,1-4H3. The molecule has 0 aliphatic rings. The minimum Gasteiger partial charge on any atom is -0.493 e. The van der Waals surface area contributed by atoms with E-state index in [4.69, 9.17) is 13.9 Å². The van der Waals surface area contributed by atoms with Crippen molar-refractivity contribution in [3.63, 3.8) is 0 Å². The maximum Gasteiger partial charge on any atom is 0.247 e. The van der Waals surface area contributed by atoms with E-state index in [0.717, 1.165) is 11.3 Å². The van der Waals surface area contributed by atoms with Gasteiger partial charge in [-0.05, 0) is 43.2 Å². The van der Waals surface area contributed by atoms with E-state index in [-0.39, 0.29) is 0 Å². The quantitative estimate of drug-likeness (QED) is 0.732. The van der Waals surface area contributed by atoms with Gasteiger partial charge in [0.15, 0.2) is 11.5 Å². The molecule has 0 spiro atoms. The van der Waals surface area contributed by atoms with E-state index >= 15 is 0 Å². The maximum absolute atomic E-state index is 5.76. The van der Waals surface area contributed by atoms with Crippen molar-refractivity contribution < 1.29 is 13.9 Å². The van der Waals surface area contributed by atoms with E-state index in [9.17, 15) is 0 Å². The number of nitrogens with one attached hydrogen (secondary N) is 1. The van der Waals surface area contributed by atoms with Crippen LogP contribution in [-0.4, -0.2) is 24.4 Å². The van der Waals surface area contributed by atoms with Crippen LogP contribution in [0.3, 0.4) is 0 Å². The highest BCUT2D eigenvalue weighted by Crippen LogP contribution is 2.31. The molecule has 0 radical (unpaired) electrons. The Kier molecular flexibility index (Phi) is 4.88. The fourth-order valence-electron chi connectivity index (χ4n) is 2.67. The van der Waals surface area contributed by atoms with Gasteiger partial charge in [-0.1, -0.05) is 18.2 Å². The van der Waals surface area contributed by atoms with E-state index in [0.29, 0.717) is 29.8 Å². The molecule has 0 aliphatic carbocycles. The number of nitrogens with zero attached hydrogens (tertiary/aromatic N) is 2. The zero-order chi connectivity index (χ0) is 17.8. The summed E-state index contributed by atoms with van der Waals surface area (Å²) in [6.07, 6.45) is 0. The number of rotatable bonds is 6. The molecule has 6 heteroatoms. The molecule has 0 atom stereocenters. The van der Waals surface area contributed by atoms with E-state index < -0.39 is 0 Å². The van der Waals surface area contributed by atoms with E-state index in [2.05, 4.69) is 41.5 Å². The smallest absolute Gasteiger partial charge is 0.247 e. The summed E-state index contributed by atoms with van der Waals surface area (Å²) in [4.78, 5) is 0. The highest BCUT2D eigenvalue weighted by molar-refractivity contribution is 5.60. The second-order valence-electron chi connectivity index (χ2n) is 5.69. The Bertz CT molecular complexity index is 854. The molecule has 0 saturated carbocycles. The lowest BCUT2D eigenvalue weighted by Crippen LogP contribution is -2.03. The number of para-hydroxylation sites is 1. The van der Waals surface area contributed by atoms with Crippen molar-refractivity contribution in [1.29, 1.82) is 0 Å². The first kappa shape index (κ1) is 16.8. The molecule has 1 heterocycles. The highest BCUT2D eigenvalue weighted by atomic mass is 16.5. The first-order valence-corrected chi connectivity index (χ1v) is 7.97. The molecule has 25 heavy (non-hydrogen) atoms. The lowest BCUT2D eigenvalue weighted by molar-refractivity contribution is 0.355. The second kappa shape index (κ2) is 7.25. The molecule has 6 nitrogen and oxygen atoms in total. The summed E-state index contributed by atoms with van der Waals surface area (Å²) in [5, 5.41) is 11.6. The fraction of sp³-hybridized carbons (Fsp3) is 0.263. The molecule has 0 saturated heterocycles. The average molecular weight is 339 g/mol. The lowest BCUT2D eigenvalue weighted by Gasteiger charge is -2.10. The molecule has 0 bridgehead atoms. The number of methoxy groups -OCH3 is 2. The summed E-state index contributed by atoms with van der Waals surface area (Å²) in [6, 6.07) is 11.7. The Morgan fingerprint density at radius 3 is 2.36 bits per heavy atom. The van der Waals surface area contributed by atoms with Crippen LogP contribution in [0.1, 0.15) is 17.0 Å². The first-order chi connectivity index (χ1) is 12.1. The van der Waals surface area contributed by atoms with Crippen molar-refractivity contribution in [2.24, 2.45) is 0 Å². The summed E-state index contributed by atoms with van der Waals surface area (Å²) < 4.78 is 16.3. The Labute approximate surface area is 146 Å². The number of anilines is 1. The topological polar surface area (TPSA) is 69.4 Å². The molecule has 3 rings (SSSR count). The summed E-state index contributed by atoms with van der Waals surface area (Å²) >= 11 is 0. The highest BCUT2D eigenvalue weighted by Gasteiger charge is 2.12. The van der Waals surface area contributed by atoms with E-state index in [1.165, 1.54) is 11.1 Å². The van der Waals surface area contributed by atoms with Crippen LogP contribution in [0.4, 0.5) is 5.69 Å². The van der Waals surface area contributed by atoms with Crippen LogP contribution in [0.2, 0.25) is 0 Å². The molecule has 130 valence electrons. The number of hydrogen-bond acceptors (Lipinski definition) is 6. The van der Waals surface area contributed by atoms with Crippen LogP contribution in [0.5, 0.6) is 11.5 Å². The van der Waals surface area contributed by atoms with Gasteiger partial charge in [0.2, 0.25) is 11.8 Å². The Balaban J connectivity index is 1.77. The third-order valence-corrected chi connectivity index (χ3v) is 3.99. The molecule has 3 aromatic rings. The van der Waals surface area contributed by atoms with Gasteiger partial charge in [-0.2, -0.15) is 0 Å². The van der Waals surface area contributed by atoms with Crippen molar-refractivity contribution in [3.8, 4) is 23.0 Å². The molecular weight excluding hydrogens is 318 g/mol. The predicted molar refractivity (Wildman–Crippen MR) is 96.1 cm³/mol. The minimum absolute atomic E-state index is 0.444. The van der Waals surface area contributed by atoms with E-state index in [1.54, 1.807) is 14.2 Å². The normalized spacial score (nSPS) is 10.6. The summed E-state index contributed by atoms with van der Waals surface area (Å²) in [5.41, 5.74) is 4.23. The van der Waals surface area contributed by atoms with Crippen LogP contribution in [0.15, 0.2) is 40.8 Å². The van der Waals surface area contributed by atoms with E-state index in [1.807, 2.05) is 24.3 Å². The van der Waals surface area contributed by atoms with Gasteiger partial charge < -0.3 is 19.2 Å². The SMILES string of the molecule is COc1ccc(-c2nnc(CNc3c(C)cccc3C)o2)cc1OC. The van der Waals surface area contributed by atoms with Gasteiger partial charge in [-0.25, -0.2) is 0 Å². The zero-order valence-corrected chi connectivity index (χ0v) is 14.8. The van der Waals surface area contributed by atoms with Crippen molar-refractivity contribution in [1.82, 2.24) is 10.2 Å². The van der Waals surface area contributed by atoms with Gasteiger partial charge in [-0.3, -0.25) is 0 Å². The fourth-order valence-corrected chi connectivity index (χ4v) is 2.67. The number of aromatic nitrogens is 2. The predicted octanol–water partition coefficient (Wildman–Crippen LogP) is 3.98. The second-order valence-corrected chi connectivity index (χ2v) is 5.69. The average Bonchev–Trinajstić information content (AvgIpc) is 3.09. The molecule has 0 unspecified atom stereocenters. The van der Waals surface area contributed by atoms with Gasteiger partial charge >= 0.3 is 0 Å². The third-order valence-electron chi connectivity index (χ3n) is 3.99. The summed E-state index contributed by atoms with van der Waals surface area (Å²) in [6.45, 7) is 4.60. The van der Waals surface area contributed by atoms with Crippen LogP contribution in [-0.2, 0) is 6.54 Å².